The van der Waals surface area contributed by atoms with Gasteiger partial charge in [-0.25, -0.2) is 5.32 Å². The summed E-state index contributed by atoms with van der Waals surface area (Å²) in [5.74, 6) is 0.753. The van der Waals surface area contributed by atoms with Crippen molar-refractivity contribution in [1.29, 1.82) is 0 Å². The SMILES string of the molecule is c1ccc(-c2nnoc2C2CCCC[N]2)nc1. The zero-order valence-corrected chi connectivity index (χ0v) is 9.41. The normalized spacial score (nSPS) is 20.4. The number of aromatic nitrogens is 3. The van der Waals surface area contributed by atoms with Gasteiger partial charge in [-0.3, -0.25) is 4.98 Å². The molecule has 1 atom stereocenters. The monoisotopic (exact) mass is 229 g/mol. The summed E-state index contributed by atoms with van der Waals surface area (Å²) in [5.41, 5.74) is 1.52. The van der Waals surface area contributed by atoms with Gasteiger partial charge in [0.05, 0.1) is 11.7 Å². The molecule has 3 rings (SSSR count). The molecular weight excluding hydrogens is 216 g/mol. The van der Waals surface area contributed by atoms with Gasteiger partial charge in [0.25, 0.3) is 0 Å². The van der Waals surface area contributed by atoms with Crippen LogP contribution in [0.25, 0.3) is 11.4 Å². The minimum Gasteiger partial charge on any atom is -0.340 e. The van der Waals surface area contributed by atoms with E-state index in [4.69, 9.17) is 4.52 Å². The Labute approximate surface area is 99.2 Å². The quantitative estimate of drug-likeness (QED) is 0.789. The Morgan fingerprint density at radius 2 is 2.24 bits per heavy atom. The lowest BCUT2D eigenvalue weighted by molar-refractivity contribution is 0.293. The molecule has 1 fully saturated rings. The van der Waals surface area contributed by atoms with Gasteiger partial charge in [0.15, 0.2) is 11.5 Å². The molecule has 5 heteroatoms. The highest BCUT2D eigenvalue weighted by Gasteiger charge is 2.25. The fraction of sp³-hybridized carbons (Fsp3) is 0.417. The van der Waals surface area contributed by atoms with Crippen LogP contribution >= 0.6 is 0 Å². The average molecular weight is 229 g/mol. The number of pyridine rings is 1. The molecule has 0 saturated carbocycles. The highest BCUT2D eigenvalue weighted by atomic mass is 16.5. The lowest BCUT2D eigenvalue weighted by atomic mass is 10.0. The van der Waals surface area contributed by atoms with Crippen LogP contribution in [-0.2, 0) is 0 Å². The van der Waals surface area contributed by atoms with Gasteiger partial charge in [-0.2, -0.15) is 0 Å². The van der Waals surface area contributed by atoms with Crippen molar-refractivity contribution in [2.24, 2.45) is 0 Å². The Hall–Kier alpha value is -1.75. The molecule has 0 spiro atoms. The first-order chi connectivity index (χ1) is 8.45. The number of nitrogens with zero attached hydrogens (tertiary/aromatic N) is 4. The minimum atomic E-state index is 0.0933. The van der Waals surface area contributed by atoms with E-state index in [1.165, 1.54) is 6.42 Å². The maximum atomic E-state index is 5.26. The summed E-state index contributed by atoms with van der Waals surface area (Å²) in [6, 6.07) is 5.81. The molecule has 0 N–H and O–H groups in total. The first kappa shape index (κ1) is 10.4. The zero-order chi connectivity index (χ0) is 11.5. The molecule has 0 bridgehead atoms. The molecule has 1 unspecified atom stereocenters. The Balaban J connectivity index is 1.93. The lowest BCUT2D eigenvalue weighted by Crippen LogP contribution is -2.20. The first-order valence-electron chi connectivity index (χ1n) is 5.85. The second kappa shape index (κ2) is 4.63. The fourth-order valence-electron chi connectivity index (χ4n) is 2.10. The summed E-state index contributed by atoms with van der Waals surface area (Å²) in [7, 11) is 0. The summed E-state index contributed by atoms with van der Waals surface area (Å²) in [6.07, 6.45) is 5.09. The third kappa shape index (κ3) is 2.06. The van der Waals surface area contributed by atoms with Crippen LogP contribution in [0.2, 0.25) is 0 Å². The van der Waals surface area contributed by atoms with E-state index in [2.05, 4.69) is 20.7 Å². The molecule has 1 aliphatic heterocycles. The highest BCUT2D eigenvalue weighted by Crippen LogP contribution is 2.30. The van der Waals surface area contributed by atoms with E-state index >= 15 is 0 Å². The number of hydrogen-bond donors (Lipinski definition) is 0. The van der Waals surface area contributed by atoms with Crippen LogP contribution in [0.4, 0.5) is 0 Å². The van der Waals surface area contributed by atoms with Crippen LogP contribution < -0.4 is 5.32 Å². The van der Waals surface area contributed by atoms with Gasteiger partial charge < -0.3 is 4.52 Å². The standard InChI is InChI=1S/C12H13N4O/c1-3-7-13-9(5-1)11-12(17-16-15-11)10-6-2-4-8-14-10/h1,3,5,7,10H,2,4,6,8H2. The second-order valence-electron chi connectivity index (χ2n) is 4.12. The summed E-state index contributed by atoms with van der Waals surface area (Å²) in [5, 5.41) is 12.2. The lowest BCUT2D eigenvalue weighted by Gasteiger charge is -2.19. The van der Waals surface area contributed by atoms with Crippen molar-refractivity contribution in [3.05, 3.63) is 30.2 Å². The third-order valence-corrected chi connectivity index (χ3v) is 2.96. The van der Waals surface area contributed by atoms with Gasteiger partial charge in [-0.1, -0.05) is 12.5 Å². The second-order valence-corrected chi connectivity index (χ2v) is 4.12. The van der Waals surface area contributed by atoms with Crippen molar-refractivity contribution in [2.45, 2.75) is 25.3 Å². The van der Waals surface area contributed by atoms with Crippen molar-refractivity contribution >= 4 is 0 Å². The molecule has 3 heterocycles. The molecule has 1 saturated heterocycles. The van der Waals surface area contributed by atoms with Gasteiger partial charge in [0, 0.05) is 18.0 Å². The molecule has 0 aromatic carbocycles. The largest absolute Gasteiger partial charge is 0.340 e. The first-order valence-corrected chi connectivity index (χ1v) is 5.85. The van der Waals surface area contributed by atoms with E-state index in [9.17, 15) is 0 Å². The van der Waals surface area contributed by atoms with Crippen LogP contribution in [0.1, 0.15) is 31.1 Å². The smallest absolute Gasteiger partial charge is 0.185 e. The van der Waals surface area contributed by atoms with E-state index < -0.39 is 0 Å². The maximum Gasteiger partial charge on any atom is 0.185 e. The number of rotatable bonds is 2. The van der Waals surface area contributed by atoms with Gasteiger partial charge in [0.2, 0.25) is 0 Å². The summed E-state index contributed by atoms with van der Waals surface area (Å²) < 4.78 is 5.26. The molecule has 2 aromatic heterocycles. The van der Waals surface area contributed by atoms with Crippen molar-refractivity contribution < 1.29 is 4.52 Å². The highest BCUT2D eigenvalue weighted by molar-refractivity contribution is 5.55. The van der Waals surface area contributed by atoms with Crippen molar-refractivity contribution in [3.63, 3.8) is 0 Å². The summed E-state index contributed by atoms with van der Waals surface area (Å²) in [6.45, 7) is 0.896. The Morgan fingerprint density at radius 1 is 1.24 bits per heavy atom. The van der Waals surface area contributed by atoms with E-state index in [1.807, 2.05) is 18.2 Å². The predicted octanol–water partition coefficient (Wildman–Crippen LogP) is 1.96. The predicted molar refractivity (Wildman–Crippen MR) is 61.1 cm³/mol. The van der Waals surface area contributed by atoms with Gasteiger partial charge in [-0.05, 0) is 25.0 Å². The van der Waals surface area contributed by atoms with Crippen LogP contribution in [0.3, 0.4) is 0 Å². The molecule has 1 radical (unpaired) electrons. The van der Waals surface area contributed by atoms with Crippen molar-refractivity contribution in [2.75, 3.05) is 6.54 Å². The minimum absolute atomic E-state index is 0.0933. The molecule has 2 aromatic rings. The number of hydrogen-bond acceptors (Lipinski definition) is 4. The summed E-state index contributed by atoms with van der Waals surface area (Å²) in [4.78, 5) is 4.27. The van der Waals surface area contributed by atoms with E-state index in [-0.39, 0.29) is 6.04 Å². The average Bonchev–Trinajstić information content (AvgIpc) is 2.90. The van der Waals surface area contributed by atoms with Gasteiger partial charge >= 0.3 is 0 Å². The van der Waals surface area contributed by atoms with Crippen LogP contribution in [0.5, 0.6) is 0 Å². The molecule has 1 aliphatic rings. The molecule has 87 valence electrons. The molecule has 5 nitrogen and oxygen atoms in total. The topological polar surface area (TPSA) is 65.9 Å². The zero-order valence-electron chi connectivity index (χ0n) is 9.41. The Kier molecular flexibility index (Phi) is 2.83. The number of piperidine rings is 1. The van der Waals surface area contributed by atoms with Crippen LogP contribution in [-0.4, -0.2) is 21.9 Å². The van der Waals surface area contributed by atoms with Crippen LogP contribution in [0, 0.1) is 0 Å². The fourth-order valence-corrected chi connectivity index (χ4v) is 2.10. The van der Waals surface area contributed by atoms with Crippen LogP contribution in [0.15, 0.2) is 28.9 Å². The van der Waals surface area contributed by atoms with E-state index in [0.29, 0.717) is 0 Å². The van der Waals surface area contributed by atoms with Gasteiger partial charge in [-0.15, -0.1) is 5.10 Å². The Bertz CT molecular complexity index is 476. The third-order valence-electron chi connectivity index (χ3n) is 2.96. The molecule has 0 aliphatic carbocycles. The molecule has 17 heavy (non-hydrogen) atoms. The molecule has 0 amide bonds. The van der Waals surface area contributed by atoms with Crippen molar-refractivity contribution in [1.82, 2.24) is 20.7 Å². The van der Waals surface area contributed by atoms with Crippen molar-refractivity contribution in [3.8, 4) is 11.4 Å². The maximum absolute atomic E-state index is 5.26. The van der Waals surface area contributed by atoms with E-state index in [1.54, 1.807) is 6.20 Å². The summed E-state index contributed by atoms with van der Waals surface area (Å²) >= 11 is 0. The Morgan fingerprint density at radius 3 is 3.00 bits per heavy atom. The molecular formula is C12H13N4O. The van der Waals surface area contributed by atoms with E-state index in [0.717, 1.165) is 36.5 Å². The van der Waals surface area contributed by atoms with Gasteiger partial charge in [0.1, 0.15) is 0 Å².